The first-order chi connectivity index (χ1) is 9.32. The zero-order chi connectivity index (χ0) is 15.2. The predicted molar refractivity (Wildman–Crippen MR) is 73.9 cm³/mol. The van der Waals surface area contributed by atoms with Gasteiger partial charge < -0.3 is 15.4 Å². The fourth-order valence-corrected chi connectivity index (χ4v) is 1.62. The van der Waals surface area contributed by atoms with Crippen LogP contribution in [0.15, 0.2) is 24.3 Å². The van der Waals surface area contributed by atoms with E-state index in [9.17, 15) is 14.0 Å². The lowest BCUT2D eigenvalue weighted by atomic mass is 9.99. The Morgan fingerprint density at radius 3 is 2.65 bits per heavy atom. The minimum atomic E-state index is -0.578. The molecule has 1 aromatic carbocycles. The molecule has 110 valence electrons. The Morgan fingerprint density at radius 2 is 2.05 bits per heavy atom. The summed E-state index contributed by atoms with van der Waals surface area (Å²) < 4.78 is 17.5. The maximum atomic E-state index is 13.0. The van der Waals surface area contributed by atoms with Crippen LogP contribution in [0.4, 0.5) is 14.9 Å². The van der Waals surface area contributed by atoms with E-state index in [0.29, 0.717) is 12.1 Å². The molecule has 0 fully saturated rings. The van der Waals surface area contributed by atoms with Gasteiger partial charge in [0.25, 0.3) is 0 Å². The molecule has 2 amide bonds. The molecule has 1 aromatic rings. The number of carbonyl (C=O) groups is 2. The second kappa shape index (κ2) is 6.88. The van der Waals surface area contributed by atoms with E-state index in [4.69, 9.17) is 0 Å². The molecule has 0 saturated heterocycles. The Morgan fingerprint density at radius 1 is 1.35 bits per heavy atom. The SMILES string of the molecule is COC(=O)CCC(C)(C)NC(=O)Nc1cccc(F)c1. The number of rotatable bonds is 5. The number of amides is 2. The number of hydrogen-bond acceptors (Lipinski definition) is 3. The Bertz CT molecular complexity index is 489. The van der Waals surface area contributed by atoms with Gasteiger partial charge in [0.15, 0.2) is 0 Å². The summed E-state index contributed by atoms with van der Waals surface area (Å²) in [5, 5.41) is 5.26. The van der Waals surface area contributed by atoms with Crippen molar-refractivity contribution in [1.29, 1.82) is 0 Å². The molecule has 0 aliphatic carbocycles. The van der Waals surface area contributed by atoms with Gasteiger partial charge in [0.1, 0.15) is 5.82 Å². The monoisotopic (exact) mass is 282 g/mol. The Hall–Kier alpha value is -2.11. The van der Waals surface area contributed by atoms with E-state index >= 15 is 0 Å². The van der Waals surface area contributed by atoms with Gasteiger partial charge in [-0.25, -0.2) is 9.18 Å². The maximum absolute atomic E-state index is 13.0. The number of urea groups is 1. The lowest BCUT2D eigenvalue weighted by Crippen LogP contribution is -2.45. The highest BCUT2D eigenvalue weighted by molar-refractivity contribution is 5.89. The number of halogens is 1. The average molecular weight is 282 g/mol. The van der Waals surface area contributed by atoms with E-state index < -0.39 is 17.4 Å². The summed E-state index contributed by atoms with van der Waals surface area (Å²) in [4.78, 5) is 22.9. The molecule has 0 aromatic heterocycles. The van der Waals surface area contributed by atoms with Crippen LogP contribution in [-0.2, 0) is 9.53 Å². The molecule has 0 heterocycles. The summed E-state index contributed by atoms with van der Waals surface area (Å²) in [6, 6.07) is 5.16. The molecule has 0 aliphatic heterocycles. The van der Waals surface area contributed by atoms with Crippen molar-refractivity contribution in [2.45, 2.75) is 32.2 Å². The first-order valence-corrected chi connectivity index (χ1v) is 6.24. The van der Waals surface area contributed by atoms with Crippen molar-refractivity contribution >= 4 is 17.7 Å². The van der Waals surface area contributed by atoms with Gasteiger partial charge in [-0.3, -0.25) is 4.79 Å². The zero-order valence-corrected chi connectivity index (χ0v) is 11.8. The number of anilines is 1. The lowest BCUT2D eigenvalue weighted by molar-refractivity contribution is -0.141. The van der Waals surface area contributed by atoms with Gasteiger partial charge in [-0.1, -0.05) is 6.07 Å². The van der Waals surface area contributed by atoms with Crippen molar-refractivity contribution < 1.29 is 18.7 Å². The smallest absolute Gasteiger partial charge is 0.319 e. The number of nitrogens with one attached hydrogen (secondary N) is 2. The van der Waals surface area contributed by atoms with Crippen LogP contribution < -0.4 is 10.6 Å². The molecule has 2 N–H and O–H groups in total. The highest BCUT2D eigenvalue weighted by Gasteiger charge is 2.21. The highest BCUT2D eigenvalue weighted by Crippen LogP contribution is 2.13. The van der Waals surface area contributed by atoms with E-state index in [1.54, 1.807) is 19.9 Å². The minimum Gasteiger partial charge on any atom is -0.469 e. The van der Waals surface area contributed by atoms with E-state index in [1.165, 1.54) is 25.3 Å². The zero-order valence-electron chi connectivity index (χ0n) is 11.8. The first-order valence-electron chi connectivity index (χ1n) is 6.24. The van der Waals surface area contributed by atoms with Crippen LogP contribution in [0.2, 0.25) is 0 Å². The third kappa shape index (κ3) is 5.69. The third-order valence-corrected chi connectivity index (χ3v) is 2.72. The maximum Gasteiger partial charge on any atom is 0.319 e. The molecule has 20 heavy (non-hydrogen) atoms. The number of hydrogen-bond donors (Lipinski definition) is 2. The third-order valence-electron chi connectivity index (χ3n) is 2.72. The van der Waals surface area contributed by atoms with Crippen molar-refractivity contribution in [3.8, 4) is 0 Å². The minimum absolute atomic E-state index is 0.212. The van der Waals surface area contributed by atoms with Crippen LogP contribution in [0.1, 0.15) is 26.7 Å². The Balaban J connectivity index is 2.50. The molecular formula is C14H19FN2O3. The molecule has 0 saturated carbocycles. The van der Waals surface area contributed by atoms with Crippen LogP contribution in [0.5, 0.6) is 0 Å². The standard InChI is InChI=1S/C14H19FN2O3/c1-14(2,8-7-12(18)20-3)17-13(19)16-11-6-4-5-10(15)9-11/h4-6,9H,7-8H2,1-3H3,(H2,16,17,19). The Labute approximate surface area is 117 Å². The fourth-order valence-electron chi connectivity index (χ4n) is 1.62. The molecule has 6 heteroatoms. The van der Waals surface area contributed by atoms with Crippen molar-refractivity contribution in [3.05, 3.63) is 30.1 Å². The average Bonchev–Trinajstić information content (AvgIpc) is 2.35. The summed E-state index contributed by atoms with van der Waals surface area (Å²) in [6.45, 7) is 3.59. The highest BCUT2D eigenvalue weighted by atomic mass is 19.1. The second-order valence-electron chi connectivity index (χ2n) is 5.05. The van der Waals surface area contributed by atoms with Crippen molar-refractivity contribution in [2.75, 3.05) is 12.4 Å². The number of ether oxygens (including phenoxy) is 1. The molecule has 0 bridgehead atoms. The quantitative estimate of drug-likeness (QED) is 0.816. The number of esters is 1. The van der Waals surface area contributed by atoms with Crippen LogP contribution in [-0.4, -0.2) is 24.6 Å². The molecule has 0 atom stereocenters. The van der Waals surface area contributed by atoms with Gasteiger partial charge in [-0.05, 0) is 38.5 Å². The van der Waals surface area contributed by atoms with Crippen LogP contribution in [0, 0.1) is 5.82 Å². The predicted octanol–water partition coefficient (Wildman–Crippen LogP) is 2.68. The summed E-state index contributed by atoms with van der Waals surface area (Å²) in [5.41, 5.74) is -0.211. The van der Waals surface area contributed by atoms with Crippen LogP contribution >= 0.6 is 0 Å². The van der Waals surface area contributed by atoms with Crippen molar-refractivity contribution in [2.24, 2.45) is 0 Å². The van der Waals surface area contributed by atoms with E-state index in [0.717, 1.165) is 0 Å². The number of methoxy groups -OCH3 is 1. The molecule has 1 rings (SSSR count). The van der Waals surface area contributed by atoms with E-state index in [-0.39, 0.29) is 12.4 Å². The van der Waals surface area contributed by atoms with Gasteiger partial charge in [-0.2, -0.15) is 0 Å². The molecule has 0 radical (unpaired) electrons. The van der Waals surface area contributed by atoms with Crippen molar-refractivity contribution in [3.63, 3.8) is 0 Å². The van der Waals surface area contributed by atoms with Crippen molar-refractivity contribution in [1.82, 2.24) is 5.32 Å². The van der Waals surface area contributed by atoms with Gasteiger partial charge >= 0.3 is 12.0 Å². The molecule has 0 aliphatic rings. The molecular weight excluding hydrogens is 263 g/mol. The van der Waals surface area contributed by atoms with Gasteiger partial charge in [0.2, 0.25) is 0 Å². The lowest BCUT2D eigenvalue weighted by Gasteiger charge is -2.26. The first kappa shape index (κ1) is 15.9. The van der Waals surface area contributed by atoms with E-state index in [1.807, 2.05) is 0 Å². The summed E-state index contributed by atoms with van der Waals surface area (Å²) in [5.74, 6) is -0.752. The summed E-state index contributed by atoms with van der Waals surface area (Å²) in [7, 11) is 1.32. The van der Waals surface area contributed by atoms with Gasteiger partial charge in [0, 0.05) is 17.6 Å². The normalized spacial score (nSPS) is 10.8. The topological polar surface area (TPSA) is 67.4 Å². The van der Waals surface area contributed by atoms with E-state index in [2.05, 4.69) is 15.4 Å². The molecule has 0 unspecified atom stereocenters. The molecule has 5 nitrogen and oxygen atoms in total. The Kier molecular flexibility index (Phi) is 5.49. The van der Waals surface area contributed by atoms with Crippen LogP contribution in [0.25, 0.3) is 0 Å². The largest absolute Gasteiger partial charge is 0.469 e. The summed E-state index contributed by atoms with van der Waals surface area (Å²) >= 11 is 0. The van der Waals surface area contributed by atoms with Gasteiger partial charge in [-0.15, -0.1) is 0 Å². The van der Waals surface area contributed by atoms with Crippen LogP contribution in [0.3, 0.4) is 0 Å². The fraction of sp³-hybridized carbons (Fsp3) is 0.429. The molecule has 0 spiro atoms. The number of carbonyl (C=O) groups excluding carboxylic acids is 2. The number of benzene rings is 1. The summed E-state index contributed by atoms with van der Waals surface area (Å²) in [6.07, 6.45) is 0.653. The second-order valence-corrected chi connectivity index (χ2v) is 5.05. The van der Waals surface area contributed by atoms with Gasteiger partial charge in [0.05, 0.1) is 7.11 Å².